The zero-order valence-electron chi connectivity index (χ0n) is 11.9. The predicted octanol–water partition coefficient (Wildman–Crippen LogP) is 2.76. The van der Waals surface area contributed by atoms with Gasteiger partial charge in [0.25, 0.3) is 0 Å². The summed E-state index contributed by atoms with van der Waals surface area (Å²) in [6, 6.07) is 3.72. The van der Waals surface area contributed by atoms with Crippen LogP contribution >= 0.6 is 0 Å². The van der Waals surface area contributed by atoms with E-state index in [0.29, 0.717) is 24.7 Å². The van der Waals surface area contributed by atoms with Crippen LogP contribution < -0.4 is 5.48 Å². The minimum atomic E-state index is -0.688. The second kappa shape index (κ2) is 4.73. The fraction of sp³-hybridized carbons (Fsp3) is 0.625. The van der Waals surface area contributed by atoms with Gasteiger partial charge in [0.2, 0.25) is 0 Å². The van der Waals surface area contributed by atoms with Crippen molar-refractivity contribution in [2.45, 2.75) is 31.4 Å². The quantitative estimate of drug-likeness (QED) is 0.910. The Hall–Kier alpha value is -1.04. The van der Waals surface area contributed by atoms with Crippen molar-refractivity contribution in [2.75, 3.05) is 13.2 Å². The van der Waals surface area contributed by atoms with Crippen LogP contribution in [0.5, 0.6) is 0 Å². The van der Waals surface area contributed by atoms with Gasteiger partial charge in [-0.15, -0.1) is 0 Å². The highest BCUT2D eigenvalue weighted by Gasteiger charge is 2.54. The van der Waals surface area contributed by atoms with Crippen LogP contribution in [0.1, 0.15) is 25.3 Å². The number of hydrogen-bond donors (Lipinski definition) is 1. The Labute approximate surface area is 122 Å². The highest BCUT2D eigenvalue weighted by molar-refractivity contribution is 5.29. The second-order valence-corrected chi connectivity index (χ2v) is 6.67. The van der Waals surface area contributed by atoms with Gasteiger partial charge in [-0.25, -0.2) is 8.78 Å². The smallest absolute Gasteiger partial charge is 0.131 e. The molecule has 1 aromatic rings. The minimum absolute atomic E-state index is 0.156. The molecule has 2 aliphatic heterocycles. The fourth-order valence-electron chi connectivity index (χ4n) is 3.87. The molecular weight excluding hydrogens is 276 g/mol. The van der Waals surface area contributed by atoms with E-state index in [1.54, 1.807) is 0 Å². The fourth-order valence-corrected chi connectivity index (χ4v) is 3.87. The van der Waals surface area contributed by atoms with Crippen LogP contribution in [0.15, 0.2) is 18.2 Å². The zero-order valence-corrected chi connectivity index (χ0v) is 11.9. The summed E-state index contributed by atoms with van der Waals surface area (Å²) in [4.78, 5) is 5.42. The number of hydrogen-bond acceptors (Lipinski definition) is 3. The summed E-state index contributed by atoms with van der Waals surface area (Å²) < 4.78 is 33.4. The molecule has 1 N–H and O–H groups in total. The van der Waals surface area contributed by atoms with E-state index in [2.05, 4.69) is 12.4 Å². The van der Waals surface area contributed by atoms with E-state index >= 15 is 0 Å². The van der Waals surface area contributed by atoms with Crippen LogP contribution in [0.3, 0.4) is 0 Å². The van der Waals surface area contributed by atoms with Crippen molar-refractivity contribution in [3.05, 3.63) is 35.4 Å². The van der Waals surface area contributed by atoms with Gasteiger partial charge in [0, 0.05) is 17.5 Å². The Morgan fingerprint density at radius 1 is 1.29 bits per heavy atom. The van der Waals surface area contributed by atoms with Crippen LogP contribution in [-0.4, -0.2) is 19.3 Å². The van der Waals surface area contributed by atoms with E-state index in [1.807, 2.05) is 0 Å². The molecule has 0 bridgehead atoms. The Bertz CT molecular complexity index is 567. The summed E-state index contributed by atoms with van der Waals surface area (Å²) in [6.07, 6.45) is 2.31. The molecule has 0 spiro atoms. The number of fused-ring (bicyclic) bond motifs is 1. The molecule has 1 aliphatic carbocycles. The van der Waals surface area contributed by atoms with Gasteiger partial charge in [0.15, 0.2) is 0 Å². The maximum Gasteiger partial charge on any atom is 0.131 e. The molecule has 1 aromatic carbocycles. The third kappa shape index (κ3) is 2.10. The molecule has 4 rings (SSSR count). The molecule has 0 unspecified atom stereocenters. The molecule has 5 atom stereocenters. The number of ether oxygens (including phenoxy) is 1. The highest BCUT2D eigenvalue weighted by atomic mass is 19.1. The lowest BCUT2D eigenvalue weighted by Gasteiger charge is -2.41. The maximum absolute atomic E-state index is 14.2. The van der Waals surface area contributed by atoms with Crippen LogP contribution in [0, 0.1) is 29.4 Å². The normalized spacial score (nSPS) is 41.9. The Morgan fingerprint density at radius 3 is 2.81 bits per heavy atom. The van der Waals surface area contributed by atoms with E-state index in [9.17, 15) is 8.78 Å². The zero-order chi connectivity index (χ0) is 14.6. The standard InChI is InChI=1S/C16H19F2NO2/c1-9-4-12(9)15-5-10-7-21-19-16(10,8-20-15)13-3-2-11(17)6-14(13)18/h2-3,6,9-10,12,15,19H,4-5,7-8H2,1H3/t9-,10+,12-,15-,16+/m1/s1. The summed E-state index contributed by atoms with van der Waals surface area (Å²) >= 11 is 0. The van der Waals surface area contributed by atoms with E-state index in [-0.39, 0.29) is 12.0 Å². The number of hydroxylamine groups is 1. The number of benzene rings is 1. The molecule has 3 aliphatic rings. The topological polar surface area (TPSA) is 30.5 Å². The molecule has 2 saturated heterocycles. The molecule has 2 heterocycles. The van der Waals surface area contributed by atoms with Crippen molar-refractivity contribution in [1.29, 1.82) is 0 Å². The van der Waals surface area contributed by atoms with E-state index in [4.69, 9.17) is 9.57 Å². The molecular formula is C16H19F2NO2. The molecule has 0 aromatic heterocycles. The van der Waals surface area contributed by atoms with Crippen LogP contribution in [0.4, 0.5) is 8.78 Å². The number of nitrogens with one attached hydrogen (secondary N) is 1. The van der Waals surface area contributed by atoms with E-state index in [0.717, 1.165) is 18.4 Å². The van der Waals surface area contributed by atoms with Gasteiger partial charge in [-0.3, -0.25) is 0 Å². The lowest BCUT2D eigenvalue weighted by atomic mass is 9.75. The molecule has 21 heavy (non-hydrogen) atoms. The highest BCUT2D eigenvalue weighted by Crippen LogP contribution is 2.50. The Morgan fingerprint density at radius 2 is 2.10 bits per heavy atom. The van der Waals surface area contributed by atoms with Crippen molar-refractivity contribution in [1.82, 2.24) is 5.48 Å². The van der Waals surface area contributed by atoms with Gasteiger partial charge in [0.1, 0.15) is 11.6 Å². The molecule has 114 valence electrons. The van der Waals surface area contributed by atoms with Crippen molar-refractivity contribution in [2.24, 2.45) is 17.8 Å². The van der Waals surface area contributed by atoms with E-state index in [1.165, 1.54) is 18.6 Å². The number of rotatable bonds is 2. The first-order valence-corrected chi connectivity index (χ1v) is 7.56. The summed E-state index contributed by atoms with van der Waals surface area (Å²) in [5.74, 6) is 0.398. The summed E-state index contributed by atoms with van der Waals surface area (Å²) in [5.41, 5.74) is 2.70. The first kappa shape index (κ1) is 13.6. The average Bonchev–Trinajstić information content (AvgIpc) is 3.02. The van der Waals surface area contributed by atoms with Gasteiger partial charge in [-0.2, -0.15) is 5.48 Å². The lowest BCUT2D eigenvalue weighted by Crippen LogP contribution is -2.52. The van der Waals surface area contributed by atoms with Gasteiger partial charge in [-0.1, -0.05) is 13.0 Å². The molecule has 3 nitrogen and oxygen atoms in total. The maximum atomic E-state index is 14.2. The predicted molar refractivity (Wildman–Crippen MR) is 72.2 cm³/mol. The third-order valence-corrected chi connectivity index (χ3v) is 5.34. The van der Waals surface area contributed by atoms with Crippen molar-refractivity contribution in [3.63, 3.8) is 0 Å². The Balaban J connectivity index is 1.63. The summed E-state index contributed by atoms with van der Waals surface area (Å²) in [5, 5.41) is 0. The van der Waals surface area contributed by atoms with Crippen molar-refractivity contribution in [3.8, 4) is 0 Å². The Kier molecular flexibility index (Phi) is 3.07. The van der Waals surface area contributed by atoms with Crippen LogP contribution in [-0.2, 0) is 15.1 Å². The summed E-state index contributed by atoms with van der Waals surface area (Å²) in [6.45, 7) is 3.14. The molecule has 5 heteroatoms. The first-order valence-electron chi connectivity index (χ1n) is 7.56. The van der Waals surface area contributed by atoms with Gasteiger partial charge in [0.05, 0.1) is 24.9 Å². The molecule has 3 fully saturated rings. The van der Waals surface area contributed by atoms with E-state index < -0.39 is 17.2 Å². The molecule has 0 radical (unpaired) electrons. The first-order chi connectivity index (χ1) is 10.1. The monoisotopic (exact) mass is 295 g/mol. The third-order valence-electron chi connectivity index (χ3n) is 5.34. The van der Waals surface area contributed by atoms with Gasteiger partial charge in [-0.05, 0) is 30.7 Å². The van der Waals surface area contributed by atoms with Crippen LogP contribution in [0.25, 0.3) is 0 Å². The van der Waals surface area contributed by atoms with Gasteiger partial charge < -0.3 is 9.57 Å². The van der Waals surface area contributed by atoms with Crippen molar-refractivity contribution < 1.29 is 18.4 Å². The average molecular weight is 295 g/mol. The lowest BCUT2D eigenvalue weighted by molar-refractivity contribution is -0.0789. The molecule has 0 amide bonds. The van der Waals surface area contributed by atoms with Crippen molar-refractivity contribution >= 4 is 0 Å². The minimum Gasteiger partial charge on any atom is -0.376 e. The largest absolute Gasteiger partial charge is 0.376 e. The SMILES string of the molecule is C[C@@H]1C[C@H]1[C@H]1C[C@H]2CON[C@@]2(c2ccc(F)cc2F)CO1. The summed E-state index contributed by atoms with van der Waals surface area (Å²) in [7, 11) is 0. The number of halogens is 2. The second-order valence-electron chi connectivity index (χ2n) is 6.67. The van der Waals surface area contributed by atoms with Gasteiger partial charge >= 0.3 is 0 Å². The molecule has 1 saturated carbocycles. The van der Waals surface area contributed by atoms with Crippen LogP contribution in [0.2, 0.25) is 0 Å².